The molecule has 0 aliphatic carbocycles. The number of aromatic nitrogens is 1. The third-order valence-corrected chi connectivity index (χ3v) is 5.30. The van der Waals surface area contributed by atoms with Crippen LogP contribution in [0.3, 0.4) is 0 Å². The van der Waals surface area contributed by atoms with Crippen molar-refractivity contribution >= 4 is 34.5 Å². The number of furan rings is 1. The number of rotatable bonds is 2. The van der Waals surface area contributed by atoms with Gasteiger partial charge >= 0.3 is 0 Å². The summed E-state index contributed by atoms with van der Waals surface area (Å²) in [5.41, 5.74) is 5.17. The summed E-state index contributed by atoms with van der Waals surface area (Å²) in [5, 5.41) is 2.24. The number of anilines is 1. The van der Waals surface area contributed by atoms with Gasteiger partial charge in [-0.2, -0.15) is 0 Å². The number of fused-ring (bicyclic) bond motifs is 3. The predicted octanol–water partition coefficient (Wildman–Crippen LogP) is 5.34. The third-order valence-electron chi connectivity index (χ3n) is 5.30. The lowest BCUT2D eigenvalue weighted by atomic mass is 9.48. The normalized spacial score (nSPS) is 17.8. The Balaban J connectivity index is 1.98. The Morgan fingerprint density at radius 3 is 2.58 bits per heavy atom. The Labute approximate surface area is 143 Å². The van der Waals surface area contributed by atoms with Gasteiger partial charge in [-0.05, 0) is 36.7 Å². The van der Waals surface area contributed by atoms with Gasteiger partial charge in [-0.3, -0.25) is 0 Å². The molecule has 0 bridgehead atoms. The molecule has 0 N–H and O–H groups in total. The lowest BCUT2D eigenvalue weighted by Crippen LogP contribution is -2.33. The summed E-state index contributed by atoms with van der Waals surface area (Å²) >= 11 is 0. The fourth-order valence-electron chi connectivity index (χ4n) is 3.52. The molecule has 1 aliphatic heterocycles. The average Bonchev–Trinajstić information content (AvgIpc) is 3.08. The molecule has 1 aromatic carbocycles. The van der Waals surface area contributed by atoms with Gasteiger partial charge in [0.2, 0.25) is 5.71 Å². The summed E-state index contributed by atoms with van der Waals surface area (Å²) in [5.74, 6) is 3.09. The van der Waals surface area contributed by atoms with E-state index in [0.717, 1.165) is 27.8 Å². The van der Waals surface area contributed by atoms with Crippen LogP contribution < -0.4 is 4.90 Å². The molecule has 3 heterocycles. The molecule has 3 nitrogen and oxygen atoms in total. The van der Waals surface area contributed by atoms with Gasteiger partial charge in [-0.25, -0.2) is 4.98 Å². The Morgan fingerprint density at radius 2 is 1.92 bits per heavy atom. The summed E-state index contributed by atoms with van der Waals surface area (Å²) in [6.07, 6.45) is 2.19. The molecule has 0 saturated heterocycles. The highest BCUT2D eigenvalue weighted by Crippen LogP contribution is 2.39. The minimum Gasteiger partial charge on any atom is -0.435 e. The van der Waals surface area contributed by atoms with Gasteiger partial charge in [-0.1, -0.05) is 45.7 Å². The maximum atomic E-state index is 6.26. The van der Waals surface area contributed by atoms with Crippen molar-refractivity contribution in [1.82, 2.24) is 4.98 Å². The highest BCUT2D eigenvalue weighted by atomic mass is 16.3. The topological polar surface area (TPSA) is 29.3 Å². The van der Waals surface area contributed by atoms with Crippen LogP contribution in [-0.4, -0.2) is 17.6 Å². The van der Waals surface area contributed by atoms with Crippen molar-refractivity contribution in [3.63, 3.8) is 0 Å². The van der Waals surface area contributed by atoms with Crippen LogP contribution in [0.25, 0.3) is 22.1 Å². The van der Waals surface area contributed by atoms with Crippen molar-refractivity contribution in [3.8, 4) is 0 Å². The van der Waals surface area contributed by atoms with E-state index < -0.39 is 0 Å². The molecule has 2 aromatic heterocycles. The second-order valence-electron chi connectivity index (χ2n) is 7.30. The molecule has 4 rings (SSSR count). The molecule has 0 spiro atoms. The summed E-state index contributed by atoms with van der Waals surface area (Å²) in [4.78, 5) is 7.08. The van der Waals surface area contributed by atoms with Crippen LogP contribution in [0.5, 0.6) is 0 Å². The van der Waals surface area contributed by atoms with E-state index >= 15 is 0 Å². The molecule has 0 amide bonds. The van der Waals surface area contributed by atoms with E-state index in [9.17, 15) is 0 Å². The molecule has 0 radical (unpaired) electrons. The molecular weight excluding hydrogens is 295 g/mol. The number of nitrogens with zero attached hydrogens (tertiary/aromatic N) is 2. The van der Waals surface area contributed by atoms with Gasteiger partial charge in [0.15, 0.2) is 12.3 Å². The Morgan fingerprint density at radius 1 is 1.17 bits per heavy atom. The lowest BCUT2D eigenvalue weighted by molar-refractivity contribution is 0.646. The van der Waals surface area contributed by atoms with Crippen molar-refractivity contribution in [2.24, 2.45) is 0 Å². The lowest BCUT2D eigenvalue weighted by Gasteiger charge is -2.26. The van der Waals surface area contributed by atoms with Gasteiger partial charge in [0.25, 0.3) is 0 Å². The highest BCUT2D eigenvalue weighted by Gasteiger charge is 2.29. The number of hydrogen-bond donors (Lipinski definition) is 0. The summed E-state index contributed by atoms with van der Waals surface area (Å²) in [7, 11) is 0. The highest BCUT2D eigenvalue weighted by molar-refractivity contribution is 6.66. The first-order valence-corrected chi connectivity index (χ1v) is 8.76. The quantitative estimate of drug-likeness (QED) is 0.597. The van der Waals surface area contributed by atoms with Crippen LogP contribution in [-0.2, 0) is 0 Å². The molecule has 0 fully saturated rings. The molecule has 1 atom stereocenters. The van der Waals surface area contributed by atoms with E-state index in [-0.39, 0.29) is 0 Å². The van der Waals surface area contributed by atoms with E-state index in [1.165, 1.54) is 11.3 Å². The van der Waals surface area contributed by atoms with Crippen LogP contribution in [0.15, 0.2) is 40.9 Å². The average molecular weight is 318 g/mol. The van der Waals surface area contributed by atoms with Crippen molar-refractivity contribution in [2.45, 2.75) is 46.4 Å². The Hall–Kier alpha value is -2.23. The molecule has 1 aliphatic rings. The van der Waals surface area contributed by atoms with Gasteiger partial charge in [0.1, 0.15) is 0 Å². The van der Waals surface area contributed by atoms with Gasteiger partial charge in [0.05, 0.1) is 5.69 Å². The molecule has 4 heteroatoms. The van der Waals surface area contributed by atoms with Crippen LogP contribution in [0.4, 0.5) is 5.69 Å². The van der Waals surface area contributed by atoms with E-state index in [4.69, 9.17) is 9.40 Å². The maximum absolute atomic E-state index is 6.26. The van der Waals surface area contributed by atoms with Crippen molar-refractivity contribution in [3.05, 3.63) is 47.7 Å². The van der Waals surface area contributed by atoms with Crippen molar-refractivity contribution in [1.29, 1.82) is 0 Å². The number of aryl methyl sites for hydroxylation is 1. The fourth-order valence-corrected chi connectivity index (χ4v) is 3.52. The largest absolute Gasteiger partial charge is 0.435 e. The first-order valence-electron chi connectivity index (χ1n) is 8.76. The Kier molecular flexibility index (Phi) is 3.45. The summed E-state index contributed by atoms with van der Waals surface area (Å²) in [6, 6.07) is 8.60. The van der Waals surface area contributed by atoms with Crippen molar-refractivity contribution < 1.29 is 4.42 Å². The number of pyridine rings is 1. The van der Waals surface area contributed by atoms with Crippen LogP contribution >= 0.6 is 0 Å². The smallest absolute Gasteiger partial charge is 0.227 e. The molecule has 3 aromatic rings. The molecule has 24 heavy (non-hydrogen) atoms. The van der Waals surface area contributed by atoms with E-state index in [1.807, 2.05) is 0 Å². The SMILES string of the molecule is CB1C=CN(c2c(C)ccc3c2oc2nc(C(C)C)ccc23)[C@H]1C. The molecule has 0 saturated carbocycles. The Bertz CT molecular complexity index is 957. The predicted molar refractivity (Wildman–Crippen MR) is 103 cm³/mol. The summed E-state index contributed by atoms with van der Waals surface area (Å²) in [6.45, 7) is 11.5. The minimum atomic E-state index is 0.395. The first-order chi connectivity index (χ1) is 11.5. The van der Waals surface area contributed by atoms with Gasteiger partial charge in [-0.15, -0.1) is 0 Å². The first kappa shape index (κ1) is 15.3. The maximum Gasteiger partial charge on any atom is 0.227 e. The van der Waals surface area contributed by atoms with Crippen LogP contribution in [0.2, 0.25) is 6.82 Å². The van der Waals surface area contributed by atoms with Gasteiger partial charge in [0, 0.05) is 22.4 Å². The molecule has 0 unspecified atom stereocenters. The fraction of sp³-hybridized carbons (Fsp3) is 0.350. The molecular formula is C20H23BN2O. The zero-order valence-corrected chi connectivity index (χ0v) is 15.0. The zero-order valence-electron chi connectivity index (χ0n) is 15.0. The second-order valence-corrected chi connectivity index (χ2v) is 7.30. The van der Waals surface area contributed by atoms with Crippen LogP contribution in [0.1, 0.15) is 37.9 Å². The number of hydrogen-bond acceptors (Lipinski definition) is 3. The standard InChI is InChI=1S/C20H23BN2O/c1-12(2)17-9-8-16-15-7-6-13(3)18(19(15)24-20(16)22-17)23-11-10-21(5)14(23)4/h6-12,14H,1-5H3/t14-/m0/s1. The van der Waals surface area contributed by atoms with Crippen molar-refractivity contribution in [2.75, 3.05) is 4.90 Å². The minimum absolute atomic E-state index is 0.395. The van der Waals surface area contributed by atoms with E-state index in [2.05, 4.69) is 75.9 Å². The molecule has 122 valence electrons. The van der Waals surface area contributed by atoms with Gasteiger partial charge < -0.3 is 9.32 Å². The second kappa shape index (κ2) is 5.40. The number of benzene rings is 1. The zero-order chi connectivity index (χ0) is 17.0. The van der Waals surface area contributed by atoms with Crippen LogP contribution in [0, 0.1) is 6.92 Å². The summed E-state index contributed by atoms with van der Waals surface area (Å²) < 4.78 is 6.26. The van der Waals surface area contributed by atoms with E-state index in [0.29, 0.717) is 18.6 Å². The van der Waals surface area contributed by atoms with E-state index in [1.54, 1.807) is 0 Å². The third kappa shape index (κ3) is 2.16. The monoisotopic (exact) mass is 318 g/mol.